The van der Waals surface area contributed by atoms with E-state index >= 15 is 0 Å². The van der Waals surface area contributed by atoms with Gasteiger partial charge >= 0.3 is 0 Å². The van der Waals surface area contributed by atoms with Gasteiger partial charge in [0.2, 0.25) is 15.9 Å². The summed E-state index contributed by atoms with van der Waals surface area (Å²) >= 11 is 1.44. The fourth-order valence-electron chi connectivity index (χ4n) is 2.47. The van der Waals surface area contributed by atoms with Crippen molar-refractivity contribution in [1.82, 2.24) is 9.21 Å². The van der Waals surface area contributed by atoms with Crippen LogP contribution in [0.3, 0.4) is 0 Å². The van der Waals surface area contributed by atoms with E-state index in [-0.39, 0.29) is 42.2 Å². The standard InChI is InChI=1S/C14H19N3O5S2/c1-11(23-2)14(18)15-7-9-16(10-8-15)24(21,22)13-6-4-3-5-12(13)17(19)20/h3-6,11H,7-10H2,1-2H3. The fourth-order valence-corrected chi connectivity index (χ4v) is 4.40. The Balaban J connectivity index is 2.17. The second-order valence-electron chi connectivity index (χ2n) is 5.33. The highest BCUT2D eigenvalue weighted by Gasteiger charge is 2.34. The maximum Gasteiger partial charge on any atom is 0.289 e. The van der Waals surface area contributed by atoms with Gasteiger partial charge in [-0.3, -0.25) is 14.9 Å². The quantitative estimate of drug-likeness (QED) is 0.567. The van der Waals surface area contributed by atoms with Crippen molar-refractivity contribution in [1.29, 1.82) is 0 Å². The molecule has 0 spiro atoms. The SMILES string of the molecule is CSC(C)C(=O)N1CCN(S(=O)(=O)c2ccccc2[N+](=O)[O-])CC1. The number of hydrogen-bond acceptors (Lipinski definition) is 6. The van der Waals surface area contributed by atoms with Crippen molar-refractivity contribution in [2.24, 2.45) is 0 Å². The summed E-state index contributed by atoms with van der Waals surface area (Å²) < 4.78 is 26.6. The maximum absolute atomic E-state index is 12.7. The summed E-state index contributed by atoms with van der Waals surface area (Å²) in [6.45, 7) is 2.62. The van der Waals surface area contributed by atoms with E-state index in [4.69, 9.17) is 0 Å². The average Bonchev–Trinajstić information content (AvgIpc) is 2.60. The number of rotatable bonds is 5. The van der Waals surface area contributed by atoms with Gasteiger partial charge in [-0.15, -0.1) is 0 Å². The zero-order valence-corrected chi connectivity index (χ0v) is 15.0. The lowest BCUT2D eigenvalue weighted by molar-refractivity contribution is -0.387. The third-order valence-corrected chi connectivity index (χ3v) is 6.79. The van der Waals surface area contributed by atoms with Crippen molar-refractivity contribution >= 4 is 33.4 Å². The minimum atomic E-state index is -3.96. The second-order valence-corrected chi connectivity index (χ2v) is 8.42. The van der Waals surface area contributed by atoms with Crippen LogP contribution in [0.5, 0.6) is 0 Å². The molecule has 0 saturated carbocycles. The Hall–Kier alpha value is -1.65. The topological polar surface area (TPSA) is 101 Å². The number of sulfonamides is 1. The largest absolute Gasteiger partial charge is 0.339 e. The maximum atomic E-state index is 12.7. The van der Waals surface area contributed by atoms with Gasteiger partial charge in [0.1, 0.15) is 0 Å². The van der Waals surface area contributed by atoms with E-state index in [0.717, 1.165) is 0 Å². The van der Waals surface area contributed by atoms with Crippen LogP contribution in [-0.2, 0) is 14.8 Å². The monoisotopic (exact) mass is 373 g/mol. The summed E-state index contributed by atoms with van der Waals surface area (Å²) in [5.74, 6) is -0.0229. The smallest absolute Gasteiger partial charge is 0.289 e. The molecule has 1 unspecified atom stereocenters. The molecule has 8 nitrogen and oxygen atoms in total. The Labute approximate surface area is 145 Å². The number of piperazine rings is 1. The van der Waals surface area contributed by atoms with Crippen LogP contribution in [-0.4, -0.2) is 66.1 Å². The van der Waals surface area contributed by atoms with Crippen LogP contribution in [0.1, 0.15) is 6.92 Å². The Morgan fingerprint density at radius 3 is 2.38 bits per heavy atom. The summed E-state index contributed by atoms with van der Waals surface area (Å²) in [6, 6.07) is 5.30. The minimum absolute atomic E-state index is 0.0229. The molecule has 10 heteroatoms. The van der Waals surface area contributed by atoms with E-state index in [0.29, 0.717) is 0 Å². The van der Waals surface area contributed by atoms with E-state index in [1.54, 1.807) is 4.90 Å². The van der Waals surface area contributed by atoms with Gasteiger partial charge in [-0.05, 0) is 19.2 Å². The zero-order chi connectivity index (χ0) is 17.9. The van der Waals surface area contributed by atoms with Crippen LogP contribution in [0, 0.1) is 10.1 Å². The van der Waals surface area contributed by atoms with Gasteiger partial charge in [0.05, 0.1) is 10.2 Å². The third-order valence-electron chi connectivity index (χ3n) is 3.93. The number of carbonyl (C=O) groups excluding carboxylic acids is 1. The fraction of sp³-hybridized carbons (Fsp3) is 0.500. The molecular formula is C14H19N3O5S2. The molecule has 1 fully saturated rings. The number of benzene rings is 1. The van der Waals surface area contributed by atoms with Crippen LogP contribution in [0.2, 0.25) is 0 Å². The van der Waals surface area contributed by atoms with E-state index in [1.807, 2.05) is 13.2 Å². The predicted molar refractivity (Wildman–Crippen MR) is 91.4 cm³/mol. The number of para-hydroxylation sites is 1. The minimum Gasteiger partial charge on any atom is -0.339 e. The summed E-state index contributed by atoms with van der Waals surface area (Å²) in [6.07, 6.45) is 1.85. The lowest BCUT2D eigenvalue weighted by Crippen LogP contribution is -2.52. The molecule has 0 aromatic heterocycles. The van der Waals surface area contributed by atoms with E-state index in [2.05, 4.69) is 0 Å². The summed E-state index contributed by atoms with van der Waals surface area (Å²) in [5, 5.41) is 10.9. The third kappa shape index (κ3) is 3.70. The Morgan fingerprint density at radius 2 is 1.83 bits per heavy atom. The summed E-state index contributed by atoms with van der Waals surface area (Å²) in [4.78, 5) is 23.8. The Kier molecular flexibility index (Phi) is 5.83. The van der Waals surface area contributed by atoms with Crippen LogP contribution < -0.4 is 0 Å². The molecular weight excluding hydrogens is 354 g/mol. The van der Waals surface area contributed by atoms with E-state index in [1.165, 1.54) is 40.3 Å². The number of nitro benzene ring substituents is 1. The molecule has 1 heterocycles. The van der Waals surface area contributed by atoms with Crippen molar-refractivity contribution in [3.63, 3.8) is 0 Å². The molecule has 1 aliphatic rings. The predicted octanol–water partition coefficient (Wildman–Crippen LogP) is 1.18. The molecule has 0 bridgehead atoms. The number of carbonyl (C=O) groups is 1. The molecule has 0 aliphatic carbocycles. The van der Waals surface area contributed by atoms with Crippen LogP contribution in [0.4, 0.5) is 5.69 Å². The first-order chi connectivity index (χ1) is 11.3. The van der Waals surface area contributed by atoms with Crippen molar-refractivity contribution in [3.8, 4) is 0 Å². The lowest BCUT2D eigenvalue weighted by Gasteiger charge is -2.34. The number of hydrogen-bond donors (Lipinski definition) is 0. The van der Waals surface area contributed by atoms with Gasteiger partial charge in [-0.2, -0.15) is 16.1 Å². The average molecular weight is 373 g/mol. The molecule has 0 radical (unpaired) electrons. The molecule has 1 atom stereocenters. The first-order valence-electron chi connectivity index (χ1n) is 7.34. The highest BCUT2D eigenvalue weighted by molar-refractivity contribution is 7.99. The molecule has 1 saturated heterocycles. The van der Waals surface area contributed by atoms with Crippen LogP contribution >= 0.6 is 11.8 Å². The van der Waals surface area contributed by atoms with Crippen molar-refractivity contribution in [3.05, 3.63) is 34.4 Å². The molecule has 1 aromatic carbocycles. The zero-order valence-electron chi connectivity index (χ0n) is 13.4. The van der Waals surface area contributed by atoms with Gasteiger partial charge in [-0.1, -0.05) is 12.1 Å². The molecule has 1 aliphatic heterocycles. The highest BCUT2D eigenvalue weighted by atomic mass is 32.2. The van der Waals surface area contributed by atoms with Crippen molar-refractivity contribution < 1.29 is 18.1 Å². The van der Waals surface area contributed by atoms with Crippen molar-refractivity contribution in [2.75, 3.05) is 32.4 Å². The molecule has 24 heavy (non-hydrogen) atoms. The highest BCUT2D eigenvalue weighted by Crippen LogP contribution is 2.27. The Bertz CT molecular complexity index is 730. The van der Waals surface area contributed by atoms with Crippen LogP contribution in [0.25, 0.3) is 0 Å². The van der Waals surface area contributed by atoms with Gasteiger partial charge in [0.25, 0.3) is 5.69 Å². The molecule has 2 rings (SSSR count). The Morgan fingerprint density at radius 1 is 1.25 bits per heavy atom. The molecule has 132 valence electrons. The van der Waals surface area contributed by atoms with E-state index < -0.39 is 20.6 Å². The molecule has 1 aromatic rings. The van der Waals surface area contributed by atoms with Gasteiger partial charge in [-0.25, -0.2) is 8.42 Å². The number of amides is 1. The number of thioether (sulfide) groups is 1. The first-order valence-corrected chi connectivity index (χ1v) is 10.1. The van der Waals surface area contributed by atoms with Crippen LogP contribution in [0.15, 0.2) is 29.2 Å². The first kappa shape index (κ1) is 18.7. The molecule has 1 amide bonds. The van der Waals surface area contributed by atoms with Gasteiger partial charge in [0.15, 0.2) is 4.90 Å². The van der Waals surface area contributed by atoms with Gasteiger partial charge in [0, 0.05) is 32.2 Å². The normalized spacial score (nSPS) is 17.5. The van der Waals surface area contributed by atoms with E-state index in [9.17, 15) is 23.3 Å². The van der Waals surface area contributed by atoms with Crippen molar-refractivity contribution in [2.45, 2.75) is 17.1 Å². The van der Waals surface area contributed by atoms with Gasteiger partial charge < -0.3 is 4.90 Å². The number of nitro groups is 1. The molecule has 0 N–H and O–H groups in total. The summed E-state index contributed by atoms with van der Waals surface area (Å²) in [5.41, 5.74) is -0.438. The summed E-state index contributed by atoms with van der Waals surface area (Å²) in [7, 11) is -3.96. The number of nitrogens with zero attached hydrogens (tertiary/aromatic N) is 3. The second kappa shape index (κ2) is 7.49. The lowest BCUT2D eigenvalue weighted by atomic mass is 10.3.